The summed E-state index contributed by atoms with van der Waals surface area (Å²) in [7, 11) is -3.34. The van der Waals surface area contributed by atoms with E-state index in [1.54, 1.807) is 4.90 Å². The minimum Gasteiger partial charge on any atom is -0.443 e. The number of ether oxygens (including phenoxy) is 1. The van der Waals surface area contributed by atoms with E-state index in [1.165, 1.54) is 11.1 Å². The van der Waals surface area contributed by atoms with Gasteiger partial charge in [-0.15, -0.1) is 0 Å². The molecule has 1 aliphatic rings. The molecule has 6 nitrogen and oxygen atoms in total. The fraction of sp³-hybridized carbons (Fsp3) is 0.632. The van der Waals surface area contributed by atoms with Crippen molar-refractivity contribution in [2.45, 2.75) is 58.5 Å². The van der Waals surface area contributed by atoms with E-state index in [-0.39, 0.29) is 12.7 Å². The number of fused-ring (bicyclic) bond motifs is 1. The molecule has 2 rings (SSSR count). The minimum absolute atomic E-state index is 0.244. The number of carbonyl (C=O) groups excluding carboxylic acids is 1. The van der Waals surface area contributed by atoms with Crippen LogP contribution in [0.3, 0.4) is 0 Å². The number of carbonyl (C=O) groups is 1. The summed E-state index contributed by atoms with van der Waals surface area (Å²) in [6.07, 6.45) is 5.15. The van der Waals surface area contributed by atoms with Gasteiger partial charge < -0.3 is 4.74 Å². The Hall–Kier alpha value is -1.60. The number of aryl methyl sites for hydroxylation is 1. The van der Waals surface area contributed by atoms with Gasteiger partial charge in [0.2, 0.25) is 0 Å². The number of amides is 1. The maximum absolute atomic E-state index is 12.3. The van der Waals surface area contributed by atoms with Crippen molar-refractivity contribution >= 4 is 21.9 Å². The predicted octanol–water partition coefficient (Wildman–Crippen LogP) is 3.67. The fourth-order valence-electron chi connectivity index (χ4n) is 2.94. The van der Waals surface area contributed by atoms with Gasteiger partial charge in [-0.05, 0) is 63.6 Å². The Morgan fingerprint density at radius 2 is 1.92 bits per heavy atom. The maximum atomic E-state index is 12.3. The van der Waals surface area contributed by atoms with E-state index in [1.807, 2.05) is 26.8 Å². The lowest BCUT2D eigenvalue weighted by molar-refractivity contribution is 0.0584. The molecule has 0 unspecified atom stereocenters. The van der Waals surface area contributed by atoms with Crippen LogP contribution in [0.5, 0.6) is 0 Å². The zero-order chi connectivity index (χ0) is 19.4. The Morgan fingerprint density at radius 3 is 2.58 bits per heavy atom. The van der Waals surface area contributed by atoms with Crippen molar-refractivity contribution < 1.29 is 22.1 Å². The molecule has 0 fully saturated rings. The van der Waals surface area contributed by atoms with Gasteiger partial charge in [0.15, 0.2) is 0 Å². The van der Waals surface area contributed by atoms with Gasteiger partial charge in [0.1, 0.15) is 5.60 Å². The van der Waals surface area contributed by atoms with E-state index in [4.69, 9.17) is 8.92 Å². The highest BCUT2D eigenvalue weighted by Crippen LogP contribution is 2.30. The van der Waals surface area contributed by atoms with Crippen LogP contribution in [-0.4, -0.2) is 39.5 Å². The van der Waals surface area contributed by atoms with Gasteiger partial charge in [-0.1, -0.05) is 18.6 Å². The lowest BCUT2D eigenvalue weighted by atomic mass is 10.0. The molecule has 1 aromatic carbocycles. The standard InChI is InChI=1S/C19H29NO5S/c1-19(2,3)25-18(21)20-12-11-16-14-15(9-10-17(16)20)8-6-5-7-13-24-26(4,22)23/h9-10,14H,5-8,11-13H2,1-4H3. The van der Waals surface area contributed by atoms with Crippen molar-refractivity contribution in [1.29, 1.82) is 0 Å². The zero-order valence-electron chi connectivity index (χ0n) is 16.1. The van der Waals surface area contributed by atoms with Crippen molar-refractivity contribution in [1.82, 2.24) is 0 Å². The van der Waals surface area contributed by atoms with E-state index in [0.717, 1.165) is 44.0 Å². The van der Waals surface area contributed by atoms with Gasteiger partial charge in [-0.25, -0.2) is 4.79 Å². The van der Waals surface area contributed by atoms with Crippen LogP contribution in [0.1, 0.15) is 51.2 Å². The molecule has 0 aromatic heterocycles. The Morgan fingerprint density at radius 1 is 1.19 bits per heavy atom. The van der Waals surface area contributed by atoms with Crippen LogP contribution >= 0.6 is 0 Å². The number of nitrogens with zero attached hydrogens (tertiary/aromatic N) is 1. The Balaban J connectivity index is 1.83. The Labute approximate surface area is 156 Å². The van der Waals surface area contributed by atoms with Crippen molar-refractivity contribution in [3.8, 4) is 0 Å². The van der Waals surface area contributed by atoms with E-state index in [9.17, 15) is 13.2 Å². The number of unbranched alkanes of at least 4 members (excludes halogenated alkanes) is 2. The summed E-state index contributed by atoms with van der Waals surface area (Å²) in [4.78, 5) is 14.0. The van der Waals surface area contributed by atoms with Gasteiger partial charge in [-0.3, -0.25) is 9.08 Å². The second-order valence-electron chi connectivity index (χ2n) is 7.68. The molecule has 1 aliphatic heterocycles. The molecule has 7 heteroatoms. The normalized spacial score (nSPS) is 14.4. The van der Waals surface area contributed by atoms with Crippen LogP contribution in [0.2, 0.25) is 0 Å². The molecule has 0 N–H and O–H groups in total. The van der Waals surface area contributed by atoms with E-state index < -0.39 is 15.7 Å². The molecule has 1 aromatic rings. The molecule has 26 heavy (non-hydrogen) atoms. The Bertz CT molecular complexity index is 737. The summed E-state index contributed by atoms with van der Waals surface area (Å²) in [5.41, 5.74) is 2.85. The first-order valence-corrected chi connectivity index (χ1v) is 10.8. The third kappa shape index (κ3) is 6.61. The maximum Gasteiger partial charge on any atom is 0.414 e. The van der Waals surface area contributed by atoms with Gasteiger partial charge in [0, 0.05) is 6.54 Å². The van der Waals surface area contributed by atoms with Gasteiger partial charge in [0.25, 0.3) is 10.1 Å². The molecule has 0 spiro atoms. The van der Waals surface area contributed by atoms with Gasteiger partial charge in [-0.2, -0.15) is 8.42 Å². The van der Waals surface area contributed by atoms with Crippen molar-refractivity contribution in [2.75, 3.05) is 24.3 Å². The summed E-state index contributed by atoms with van der Waals surface area (Å²) >= 11 is 0. The van der Waals surface area contributed by atoms with Crippen LogP contribution in [0, 0.1) is 0 Å². The van der Waals surface area contributed by atoms with E-state index in [0.29, 0.717) is 6.54 Å². The molecular formula is C19H29NO5S. The lowest BCUT2D eigenvalue weighted by Crippen LogP contribution is -2.35. The van der Waals surface area contributed by atoms with Crippen molar-refractivity contribution in [3.63, 3.8) is 0 Å². The summed E-state index contributed by atoms with van der Waals surface area (Å²) < 4.78 is 32.0. The molecule has 0 bridgehead atoms. The van der Waals surface area contributed by atoms with Crippen LogP contribution < -0.4 is 4.90 Å². The van der Waals surface area contributed by atoms with Crippen LogP contribution in [0.4, 0.5) is 10.5 Å². The first kappa shape index (κ1) is 20.7. The first-order chi connectivity index (χ1) is 12.1. The molecule has 0 saturated carbocycles. The van der Waals surface area contributed by atoms with Crippen LogP contribution in [0.15, 0.2) is 18.2 Å². The predicted molar refractivity (Wildman–Crippen MR) is 102 cm³/mol. The van der Waals surface area contributed by atoms with E-state index in [2.05, 4.69) is 12.1 Å². The minimum atomic E-state index is -3.34. The molecule has 1 amide bonds. The van der Waals surface area contributed by atoms with E-state index >= 15 is 0 Å². The van der Waals surface area contributed by atoms with Gasteiger partial charge in [0.05, 0.1) is 18.6 Å². The molecule has 0 aliphatic carbocycles. The number of rotatable bonds is 7. The third-order valence-corrected chi connectivity index (χ3v) is 4.66. The number of hydrogen-bond acceptors (Lipinski definition) is 5. The second-order valence-corrected chi connectivity index (χ2v) is 9.33. The second kappa shape index (κ2) is 8.39. The lowest BCUT2D eigenvalue weighted by Gasteiger charge is -2.24. The first-order valence-electron chi connectivity index (χ1n) is 9.02. The largest absolute Gasteiger partial charge is 0.443 e. The average molecular weight is 384 g/mol. The highest BCUT2D eigenvalue weighted by molar-refractivity contribution is 7.85. The number of anilines is 1. The quantitative estimate of drug-likeness (QED) is 0.530. The van der Waals surface area contributed by atoms with Crippen LogP contribution in [-0.2, 0) is 31.9 Å². The topological polar surface area (TPSA) is 72.9 Å². The summed E-state index contributed by atoms with van der Waals surface area (Å²) in [5, 5.41) is 0. The molecule has 146 valence electrons. The summed E-state index contributed by atoms with van der Waals surface area (Å²) in [6.45, 7) is 6.49. The molecule has 1 heterocycles. The smallest absolute Gasteiger partial charge is 0.414 e. The number of hydrogen-bond donors (Lipinski definition) is 0. The summed E-state index contributed by atoms with van der Waals surface area (Å²) in [5.74, 6) is 0. The van der Waals surface area contributed by atoms with Gasteiger partial charge >= 0.3 is 6.09 Å². The highest BCUT2D eigenvalue weighted by Gasteiger charge is 2.28. The van der Waals surface area contributed by atoms with Crippen molar-refractivity contribution in [3.05, 3.63) is 29.3 Å². The molecule has 0 radical (unpaired) electrons. The average Bonchev–Trinajstić information content (AvgIpc) is 2.91. The third-order valence-electron chi connectivity index (χ3n) is 4.06. The monoisotopic (exact) mass is 383 g/mol. The SMILES string of the molecule is CC(C)(C)OC(=O)N1CCc2cc(CCCCCOS(C)(=O)=O)ccc21. The highest BCUT2D eigenvalue weighted by atomic mass is 32.2. The fourth-order valence-corrected chi connectivity index (χ4v) is 3.36. The van der Waals surface area contributed by atoms with Crippen LogP contribution in [0.25, 0.3) is 0 Å². The number of benzene rings is 1. The molecular weight excluding hydrogens is 354 g/mol. The Kier molecular flexibility index (Phi) is 6.69. The molecule has 0 saturated heterocycles. The molecule has 0 atom stereocenters. The summed E-state index contributed by atoms with van der Waals surface area (Å²) in [6, 6.07) is 6.20. The van der Waals surface area contributed by atoms with Crippen molar-refractivity contribution in [2.24, 2.45) is 0 Å². The zero-order valence-corrected chi connectivity index (χ0v) is 16.9.